The number of primary amides is 1. The average Bonchev–Trinajstić information content (AvgIpc) is 2.54. The van der Waals surface area contributed by atoms with Gasteiger partial charge in [-0.3, -0.25) is 4.79 Å². The Hall–Kier alpha value is -2.82. The normalized spacial score (nSPS) is 10.1. The van der Waals surface area contributed by atoms with Crippen LogP contribution in [0.5, 0.6) is 0 Å². The standard InChI is InChI=1S/C17H18N2O3/c1-19(11-12-6-5-7-13(10-12)16(18)20)15-9-4-3-8-14(15)17(21)22-2/h3-10H,11H2,1-2H3,(H2,18,20). The number of rotatable bonds is 5. The van der Waals surface area contributed by atoms with Gasteiger partial charge in [0.2, 0.25) is 5.91 Å². The zero-order valence-corrected chi connectivity index (χ0v) is 12.6. The minimum absolute atomic E-state index is 0.381. The van der Waals surface area contributed by atoms with E-state index in [4.69, 9.17) is 10.5 Å². The molecule has 0 radical (unpaired) electrons. The molecule has 5 nitrogen and oxygen atoms in total. The lowest BCUT2D eigenvalue weighted by atomic mass is 10.1. The number of nitrogens with two attached hydrogens (primary N) is 1. The second kappa shape index (κ2) is 6.76. The van der Waals surface area contributed by atoms with E-state index < -0.39 is 5.91 Å². The molecule has 0 spiro atoms. The summed E-state index contributed by atoms with van der Waals surface area (Å²) in [6.45, 7) is 0.537. The fourth-order valence-electron chi connectivity index (χ4n) is 2.27. The molecule has 5 heteroatoms. The summed E-state index contributed by atoms with van der Waals surface area (Å²) in [4.78, 5) is 25.0. The van der Waals surface area contributed by atoms with Crippen LogP contribution < -0.4 is 10.6 Å². The highest BCUT2D eigenvalue weighted by Gasteiger charge is 2.14. The van der Waals surface area contributed by atoms with E-state index in [1.807, 2.05) is 30.1 Å². The first-order valence-corrected chi connectivity index (χ1v) is 6.80. The molecular formula is C17H18N2O3. The molecule has 0 aliphatic heterocycles. The summed E-state index contributed by atoms with van der Waals surface area (Å²) < 4.78 is 4.80. The van der Waals surface area contributed by atoms with Gasteiger partial charge < -0.3 is 15.4 Å². The van der Waals surface area contributed by atoms with Crippen molar-refractivity contribution in [1.29, 1.82) is 0 Å². The first-order chi connectivity index (χ1) is 10.5. The van der Waals surface area contributed by atoms with Crippen molar-refractivity contribution in [2.75, 3.05) is 19.1 Å². The highest BCUT2D eigenvalue weighted by atomic mass is 16.5. The van der Waals surface area contributed by atoms with Crippen LogP contribution in [-0.4, -0.2) is 26.0 Å². The van der Waals surface area contributed by atoms with E-state index >= 15 is 0 Å². The van der Waals surface area contributed by atoms with Crippen molar-refractivity contribution in [3.8, 4) is 0 Å². The lowest BCUT2D eigenvalue weighted by molar-refractivity contribution is 0.0601. The molecule has 0 heterocycles. The molecular weight excluding hydrogens is 280 g/mol. The molecule has 2 N–H and O–H groups in total. The van der Waals surface area contributed by atoms with Gasteiger partial charge in [0, 0.05) is 19.2 Å². The van der Waals surface area contributed by atoms with Gasteiger partial charge in [-0.25, -0.2) is 4.79 Å². The number of anilines is 1. The maximum Gasteiger partial charge on any atom is 0.339 e. The Labute approximate surface area is 129 Å². The number of esters is 1. The molecule has 0 atom stereocenters. The van der Waals surface area contributed by atoms with Gasteiger partial charge >= 0.3 is 5.97 Å². The molecule has 0 saturated carbocycles. The molecule has 0 fully saturated rings. The number of nitrogens with zero attached hydrogens (tertiary/aromatic N) is 1. The van der Waals surface area contributed by atoms with E-state index in [1.54, 1.807) is 30.3 Å². The van der Waals surface area contributed by atoms with Crippen LogP contribution in [-0.2, 0) is 11.3 Å². The fraction of sp³-hybridized carbons (Fsp3) is 0.176. The first-order valence-electron chi connectivity index (χ1n) is 6.80. The number of amides is 1. The number of hydrogen-bond acceptors (Lipinski definition) is 4. The molecule has 0 unspecified atom stereocenters. The Bertz CT molecular complexity index is 698. The Morgan fingerprint density at radius 3 is 2.55 bits per heavy atom. The molecule has 0 saturated heterocycles. The third-order valence-corrected chi connectivity index (χ3v) is 3.35. The van der Waals surface area contributed by atoms with Crippen molar-refractivity contribution in [2.45, 2.75) is 6.54 Å². The van der Waals surface area contributed by atoms with Crippen LogP contribution in [0, 0.1) is 0 Å². The van der Waals surface area contributed by atoms with Crippen LogP contribution in [0.4, 0.5) is 5.69 Å². The van der Waals surface area contributed by atoms with Crippen molar-refractivity contribution in [1.82, 2.24) is 0 Å². The summed E-state index contributed by atoms with van der Waals surface area (Å²) in [6, 6.07) is 14.3. The van der Waals surface area contributed by atoms with Crippen LogP contribution >= 0.6 is 0 Å². The van der Waals surface area contributed by atoms with Gasteiger partial charge in [-0.2, -0.15) is 0 Å². The topological polar surface area (TPSA) is 72.6 Å². The number of para-hydroxylation sites is 1. The molecule has 1 amide bonds. The first kappa shape index (κ1) is 15.6. The van der Waals surface area contributed by atoms with Crippen molar-refractivity contribution in [3.05, 3.63) is 65.2 Å². The molecule has 2 aromatic rings. The second-order valence-electron chi connectivity index (χ2n) is 4.93. The number of methoxy groups -OCH3 is 1. The number of benzene rings is 2. The summed E-state index contributed by atoms with van der Waals surface area (Å²) in [6.07, 6.45) is 0. The lowest BCUT2D eigenvalue weighted by Gasteiger charge is -2.22. The van der Waals surface area contributed by atoms with Gasteiger partial charge in [-0.15, -0.1) is 0 Å². The van der Waals surface area contributed by atoms with E-state index in [9.17, 15) is 9.59 Å². The molecule has 22 heavy (non-hydrogen) atoms. The van der Waals surface area contributed by atoms with Gasteiger partial charge in [0.05, 0.1) is 18.4 Å². The minimum atomic E-state index is -0.459. The van der Waals surface area contributed by atoms with Crippen molar-refractivity contribution >= 4 is 17.6 Å². The Kier molecular flexibility index (Phi) is 4.78. The van der Waals surface area contributed by atoms with Crippen molar-refractivity contribution in [2.24, 2.45) is 5.73 Å². The predicted molar refractivity (Wildman–Crippen MR) is 84.8 cm³/mol. The van der Waals surface area contributed by atoms with E-state index in [2.05, 4.69) is 0 Å². The van der Waals surface area contributed by atoms with Crippen LogP contribution in [0.1, 0.15) is 26.3 Å². The summed E-state index contributed by atoms with van der Waals surface area (Å²) in [7, 11) is 3.23. The largest absolute Gasteiger partial charge is 0.465 e. The predicted octanol–water partition coefficient (Wildman–Crippen LogP) is 2.21. The summed E-state index contributed by atoms with van der Waals surface area (Å²) in [5.74, 6) is -0.840. The van der Waals surface area contributed by atoms with E-state index in [0.717, 1.165) is 11.3 Å². The molecule has 0 aromatic heterocycles. The van der Waals surface area contributed by atoms with Gasteiger partial charge in [0.25, 0.3) is 0 Å². The average molecular weight is 298 g/mol. The Morgan fingerprint density at radius 1 is 1.14 bits per heavy atom. The van der Waals surface area contributed by atoms with Crippen molar-refractivity contribution < 1.29 is 14.3 Å². The van der Waals surface area contributed by atoms with E-state index in [0.29, 0.717) is 17.7 Å². The van der Waals surface area contributed by atoms with Gasteiger partial charge in [0.15, 0.2) is 0 Å². The van der Waals surface area contributed by atoms with E-state index in [-0.39, 0.29) is 5.97 Å². The van der Waals surface area contributed by atoms with Gasteiger partial charge in [0.1, 0.15) is 0 Å². The molecule has 2 rings (SSSR count). The summed E-state index contributed by atoms with van der Waals surface area (Å²) in [5, 5.41) is 0. The van der Waals surface area contributed by atoms with Crippen LogP contribution in [0.15, 0.2) is 48.5 Å². The third-order valence-electron chi connectivity index (χ3n) is 3.35. The zero-order chi connectivity index (χ0) is 16.1. The Balaban J connectivity index is 2.26. The van der Waals surface area contributed by atoms with Gasteiger partial charge in [-0.1, -0.05) is 24.3 Å². The SMILES string of the molecule is COC(=O)c1ccccc1N(C)Cc1cccc(C(N)=O)c1. The quantitative estimate of drug-likeness (QED) is 0.859. The van der Waals surface area contributed by atoms with E-state index in [1.165, 1.54) is 7.11 Å². The van der Waals surface area contributed by atoms with Crippen LogP contribution in [0.2, 0.25) is 0 Å². The zero-order valence-electron chi connectivity index (χ0n) is 12.6. The highest BCUT2D eigenvalue weighted by molar-refractivity contribution is 5.95. The number of carbonyl (C=O) groups is 2. The van der Waals surface area contributed by atoms with Crippen LogP contribution in [0.25, 0.3) is 0 Å². The minimum Gasteiger partial charge on any atom is -0.465 e. The third kappa shape index (κ3) is 3.44. The summed E-state index contributed by atoms with van der Waals surface area (Å²) in [5.41, 5.74) is 7.95. The molecule has 114 valence electrons. The molecule has 0 aliphatic carbocycles. The molecule has 0 bridgehead atoms. The number of ether oxygens (including phenoxy) is 1. The molecule has 2 aromatic carbocycles. The number of carbonyl (C=O) groups excluding carboxylic acids is 2. The second-order valence-corrected chi connectivity index (χ2v) is 4.93. The highest BCUT2D eigenvalue weighted by Crippen LogP contribution is 2.22. The molecule has 0 aliphatic rings. The van der Waals surface area contributed by atoms with Crippen LogP contribution in [0.3, 0.4) is 0 Å². The fourth-order valence-corrected chi connectivity index (χ4v) is 2.27. The van der Waals surface area contributed by atoms with Crippen molar-refractivity contribution in [3.63, 3.8) is 0 Å². The monoisotopic (exact) mass is 298 g/mol. The maximum absolute atomic E-state index is 11.8. The van der Waals surface area contributed by atoms with Gasteiger partial charge in [-0.05, 0) is 29.8 Å². The Morgan fingerprint density at radius 2 is 1.86 bits per heavy atom. The number of hydrogen-bond donors (Lipinski definition) is 1. The smallest absolute Gasteiger partial charge is 0.339 e. The maximum atomic E-state index is 11.8. The lowest BCUT2D eigenvalue weighted by Crippen LogP contribution is -2.20. The summed E-state index contributed by atoms with van der Waals surface area (Å²) >= 11 is 0.